The number of carbonyl (C=O) groups excluding carboxylic acids is 1. The lowest BCUT2D eigenvalue weighted by molar-refractivity contribution is -0.140. The minimum Gasteiger partial charge on any atom is -0.369 e. The summed E-state index contributed by atoms with van der Waals surface area (Å²) in [5, 5.41) is 3.42. The molecular formula is C14H26N2O2. The first kappa shape index (κ1) is 13.8. The van der Waals surface area contributed by atoms with Crippen molar-refractivity contribution in [1.82, 2.24) is 10.2 Å². The van der Waals surface area contributed by atoms with Crippen LogP contribution in [-0.2, 0) is 9.53 Å². The minimum atomic E-state index is 0.134. The van der Waals surface area contributed by atoms with Gasteiger partial charge in [-0.25, -0.2) is 0 Å². The topological polar surface area (TPSA) is 41.6 Å². The van der Waals surface area contributed by atoms with Crippen LogP contribution in [0, 0.1) is 5.41 Å². The Kier molecular flexibility index (Phi) is 4.62. The molecule has 0 aromatic heterocycles. The van der Waals surface area contributed by atoms with Gasteiger partial charge in [-0.15, -0.1) is 0 Å². The maximum Gasteiger partial charge on any atom is 0.248 e. The van der Waals surface area contributed by atoms with Crippen molar-refractivity contribution in [2.45, 2.75) is 45.6 Å². The summed E-state index contributed by atoms with van der Waals surface area (Å²) in [7, 11) is 0. The second-order valence-corrected chi connectivity index (χ2v) is 5.99. The largest absolute Gasteiger partial charge is 0.369 e. The Hall–Kier alpha value is -0.610. The Bertz CT molecular complexity index is 276. The van der Waals surface area contributed by atoms with Crippen LogP contribution in [0.4, 0.5) is 0 Å². The first-order valence-corrected chi connectivity index (χ1v) is 7.21. The van der Waals surface area contributed by atoms with Crippen LogP contribution in [-0.4, -0.2) is 49.7 Å². The van der Waals surface area contributed by atoms with Crippen molar-refractivity contribution >= 4 is 5.91 Å². The zero-order valence-corrected chi connectivity index (χ0v) is 11.7. The van der Waals surface area contributed by atoms with Crippen LogP contribution in [0.2, 0.25) is 0 Å². The molecule has 18 heavy (non-hydrogen) atoms. The van der Waals surface area contributed by atoms with Crippen LogP contribution in [0.5, 0.6) is 0 Å². The fraction of sp³-hybridized carbons (Fsp3) is 0.929. The Labute approximate surface area is 110 Å². The van der Waals surface area contributed by atoms with Crippen LogP contribution in [0.15, 0.2) is 0 Å². The van der Waals surface area contributed by atoms with E-state index in [1.54, 1.807) is 0 Å². The van der Waals surface area contributed by atoms with Gasteiger partial charge < -0.3 is 15.0 Å². The van der Waals surface area contributed by atoms with Crippen molar-refractivity contribution < 1.29 is 9.53 Å². The predicted molar refractivity (Wildman–Crippen MR) is 71.4 cm³/mol. The van der Waals surface area contributed by atoms with Gasteiger partial charge in [0.1, 0.15) is 6.61 Å². The predicted octanol–water partition coefficient (Wildman–Crippen LogP) is 1.40. The van der Waals surface area contributed by atoms with E-state index in [9.17, 15) is 4.79 Å². The van der Waals surface area contributed by atoms with Gasteiger partial charge in [-0.3, -0.25) is 4.79 Å². The van der Waals surface area contributed by atoms with Crippen LogP contribution in [0.1, 0.15) is 39.5 Å². The first-order valence-electron chi connectivity index (χ1n) is 7.21. The van der Waals surface area contributed by atoms with Gasteiger partial charge in [0.05, 0.1) is 6.10 Å². The average molecular weight is 254 g/mol. The molecule has 2 aliphatic rings. The molecule has 0 bridgehead atoms. The monoisotopic (exact) mass is 254 g/mol. The molecule has 2 saturated heterocycles. The number of piperidine rings is 2. The summed E-state index contributed by atoms with van der Waals surface area (Å²) in [6.07, 6.45) is 5.02. The van der Waals surface area contributed by atoms with Crippen molar-refractivity contribution in [2.75, 3.05) is 32.8 Å². The molecule has 2 rings (SSSR count). The van der Waals surface area contributed by atoms with Gasteiger partial charge in [0.25, 0.3) is 0 Å². The summed E-state index contributed by atoms with van der Waals surface area (Å²) < 4.78 is 5.39. The summed E-state index contributed by atoms with van der Waals surface area (Å²) in [6, 6.07) is 0. The van der Waals surface area contributed by atoms with Crippen LogP contribution in [0.3, 0.4) is 0 Å². The zero-order chi connectivity index (χ0) is 13.0. The van der Waals surface area contributed by atoms with Crippen molar-refractivity contribution in [1.29, 1.82) is 0 Å². The highest BCUT2D eigenvalue weighted by atomic mass is 16.5. The summed E-state index contributed by atoms with van der Waals surface area (Å²) >= 11 is 0. The highest BCUT2D eigenvalue weighted by molar-refractivity contribution is 5.77. The lowest BCUT2D eigenvalue weighted by Crippen LogP contribution is -2.48. The molecule has 0 atom stereocenters. The Morgan fingerprint density at radius 1 is 1.22 bits per heavy atom. The van der Waals surface area contributed by atoms with E-state index >= 15 is 0 Å². The highest BCUT2D eigenvalue weighted by Gasteiger charge is 2.36. The van der Waals surface area contributed by atoms with Crippen molar-refractivity contribution in [3.8, 4) is 0 Å². The fourth-order valence-corrected chi connectivity index (χ4v) is 3.02. The Balaban J connectivity index is 1.77. The molecule has 0 radical (unpaired) electrons. The number of likely N-dealkylation sites (tertiary alicyclic amines) is 1. The minimum absolute atomic E-state index is 0.134. The molecule has 0 saturated carbocycles. The fourth-order valence-electron chi connectivity index (χ4n) is 3.02. The molecule has 2 fully saturated rings. The summed E-state index contributed by atoms with van der Waals surface area (Å²) in [5.74, 6) is 0.160. The van der Waals surface area contributed by atoms with Gasteiger partial charge in [0.2, 0.25) is 5.91 Å². The normalized spacial score (nSPS) is 23.6. The van der Waals surface area contributed by atoms with E-state index in [0.29, 0.717) is 5.41 Å². The third kappa shape index (κ3) is 3.45. The van der Waals surface area contributed by atoms with Crippen molar-refractivity contribution in [2.24, 2.45) is 5.41 Å². The van der Waals surface area contributed by atoms with Crippen LogP contribution >= 0.6 is 0 Å². The SMILES string of the molecule is CC(C)OCC(=O)N1CCC2(CCNCC2)CC1. The number of hydrogen-bond acceptors (Lipinski definition) is 3. The number of hydrogen-bond donors (Lipinski definition) is 1. The Morgan fingerprint density at radius 2 is 1.83 bits per heavy atom. The second kappa shape index (κ2) is 6.02. The molecule has 1 spiro atoms. The molecule has 0 unspecified atom stereocenters. The van der Waals surface area contributed by atoms with Crippen molar-refractivity contribution in [3.05, 3.63) is 0 Å². The average Bonchev–Trinajstić information content (AvgIpc) is 2.38. The molecule has 4 heteroatoms. The summed E-state index contributed by atoms with van der Waals surface area (Å²) in [4.78, 5) is 13.9. The van der Waals surface area contributed by atoms with Crippen LogP contribution < -0.4 is 5.32 Å². The molecule has 1 N–H and O–H groups in total. The number of amides is 1. The van der Waals surface area contributed by atoms with E-state index in [4.69, 9.17) is 4.74 Å². The molecule has 0 aromatic rings. The summed E-state index contributed by atoms with van der Waals surface area (Å²) in [5.41, 5.74) is 0.515. The number of nitrogens with zero attached hydrogens (tertiary/aromatic N) is 1. The van der Waals surface area contributed by atoms with E-state index in [0.717, 1.165) is 26.2 Å². The maximum absolute atomic E-state index is 12.0. The third-order valence-electron chi connectivity index (χ3n) is 4.38. The quantitative estimate of drug-likeness (QED) is 0.828. The lowest BCUT2D eigenvalue weighted by Gasteiger charge is -2.44. The first-order chi connectivity index (χ1) is 8.61. The molecule has 104 valence electrons. The molecular weight excluding hydrogens is 228 g/mol. The van der Waals surface area contributed by atoms with Gasteiger partial charge in [-0.1, -0.05) is 0 Å². The van der Waals surface area contributed by atoms with Gasteiger partial charge in [-0.2, -0.15) is 0 Å². The van der Waals surface area contributed by atoms with Gasteiger partial charge in [-0.05, 0) is 58.0 Å². The van der Waals surface area contributed by atoms with E-state index < -0.39 is 0 Å². The number of carbonyl (C=O) groups is 1. The number of rotatable bonds is 3. The Morgan fingerprint density at radius 3 is 2.39 bits per heavy atom. The van der Waals surface area contributed by atoms with E-state index in [2.05, 4.69) is 5.32 Å². The maximum atomic E-state index is 12.0. The molecule has 4 nitrogen and oxygen atoms in total. The summed E-state index contributed by atoms with van der Waals surface area (Å²) in [6.45, 7) is 8.29. The molecule has 0 aromatic carbocycles. The van der Waals surface area contributed by atoms with E-state index in [1.165, 1.54) is 25.7 Å². The standard InChI is InChI=1S/C14H26N2O2/c1-12(2)18-11-13(17)16-9-5-14(6-10-16)3-7-15-8-4-14/h12,15H,3-11H2,1-2H3. The smallest absolute Gasteiger partial charge is 0.248 e. The van der Waals surface area contributed by atoms with Crippen LogP contribution in [0.25, 0.3) is 0 Å². The number of ether oxygens (including phenoxy) is 1. The van der Waals surface area contributed by atoms with Crippen molar-refractivity contribution in [3.63, 3.8) is 0 Å². The second-order valence-electron chi connectivity index (χ2n) is 5.99. The van der Waals surface area contributed by atoms with E-state index in [-0.39, 0.29) is 18.6 Å². The molecule has 1 amide bonds. The zero-order valence-electron chi connectivity index (χ0n) is 11.7. The lowest BCUT2D eigenvalue weighted by atomic mass is 9.71. The van der Waals surface area contributed by atoms with Gasteiger partial charge in [0.15, 0.2) is 0 Å². The number of nitrogens with one attached hydrogen (secondary N) is 1. The van der Waals surface area contributed by atoms with E-state index in [1.807, 2.05) is 18.7 Å². The molecule has 2 aliphatic heterocycles. The highest BCUT2D eigenvalue weighted by Crippen LogP contribution is 2.39. The third-order valence-corrected chi connectivity index (χ3v) is 4.38. The van der Waals surface area contributed by atoms with Gasteiger partial charge >= 0.3 is 0 Å². The molecule has 2 heterocycles. The van der Waals surface area contributed by atoms with Gasteiger partial charge in [0, 0.05) is 13.1 Å². The molecule has 0 aliphatic carbocycles.